The minimum atomic E-state index is -0.420. The minimum Gasteiger partial charge on any atom is -0.494 e. The van der Waals surface area contributed by atoms with Gasteiger partial charge in [-0.3, -0.25) is 0 Å². The average molecular weight is 545 g/mol. The number of ether oxygens (including phenoxy) is 4. The molecule has 0 amide bonds. The highest BCUT2D eigenvalue weighted by atomic mass is 16.5. The molecule has 212 valence electrons. The molecule has 0 spiro atoms. The molecule has 0 radical (unpaired) electrons. The van der Waals surface area contributed by atoms with Crippen molar-refractivity contribution in [2.24, 2.45) is 0 Å². The van der Waals surface area contributed by atoms with Gasteiger partial charge in [0.05, 0.1) is 25.4 Å². The van der Waals surface area contributed by atoms with Gasteiger partial charge in [-0.15, -0.1) is 0 Å². The van der Waals surface area contributed by atoms with E-state index in [-0.39, 0.29) is 5.97 Å². The molecule has 0 fully saturated rings. The van der Waals surface area contributed by atoms with E-state index in [9.17, 15) is 9.59 Å². The van der Waals surface area contributed by atoms with E-state index < -0.39 is 5.97 Å². The summed E-state index contributed by atoms with van der Waals surface area (Å²) in [6.45, 7) is 9.11. The maximum atomic E-state index is 12.6. The van der Waals surface area contributed by atoms with Gasteiger partial charge in [0.25, 0.3) is 0 Å². The van der Waals surface area contributed by atoms with Crippen molar-refractivity contribution < 1.29 is 28.5 Å². The van der Waals surface area contributed by atoms with Crippen LogP contribution in [0.2, 0.25) is 0 Å². The Hall–Kier alpha value is -4.06. The fourth-order valence-electron chi connectivity index (χ4n) is 3.89. The van der Waals surface area contributed by atoms with Gasteiger partial charge in [0.1, 0.15) is 17.2 Å². The van der Waals surface area contributed by atoms with Crippen LogP contribution in [0.15, 0.2) is 84.9 Å². The zero-order valence-corrected chi connectivity index (χ0v) is 23.7. The van der Waals surface area contributed by atoms with Crippen molar-refractivity contribution >= 4 is 11.9 Å². The number of rotatable bonds is 17. The summed E-state index contributed by atoms with van der Waals surface area (Å²) in [6, 6.07) is 22.4. The van der Waals surface area contributed by atoms with Crippen molar-refractivity contribution in [2.45, 2.75) is 58.8 Å². The van der Waals surface area contributed by atoms with Gasteiger partial charge in [-0.2, -0.15) is 0 Å². The zero-order valence-electron chi connectivity index (χ0n) is 23.7. The molecule has 3 rings (SSSR count). The van der Waals surface area contributed by atoms with Gasteiger partial charge >= 0.3 is 11.9 Å². The lowest BCUT2D eigenvalue weighted by Gasteiger charge is -2.09. The Morgan fingerprint density at radius 1 is 0.625 bits per heavy atom. The van der Waals surface area contributed by atoms with E-state index in [0.717, 1.165) is 55.6 Å². The standard InChI is InChI=1S/C34H40O6/c1-4-5-8-23-37-30-17-11-27(12-18-30)28-13-21-32(22-14-28)40-34(36)29-15-19-31(20-16-29)38-24-9-6-7-10-25-39-33(35)26(2)3/h11-22H,2,4-10,23-25H2,1,3H3. The Balaban J connectivity index is 1.37. The number of hydrogen-bond donors (Lipinski definition) is 0. The second-order valence-electron chi connectivity index (χ2n) is 9.70. The Labute approximate surface area is 237 Å². The molecule has 3 aromatic rings. The van der Waals surface area contributed by atoms with Crippen molar-refractivity contribution in [2.75, 3.05) is 19.8 Å². The van der Waals surface area contributed by atoms with Crippen LogP contribution in [0.25, 0.3) is 11.1 Å². The van der Waals surface area contributed by atoms with Crippen LogP contribution in [0.5, 0.6) is 17.2 Å². The number of unbranched alkanes of at least 4 members (excludes halogenated alkanes) is 5. The highest BCUT2D eigenvalue weighted by Gasteiger charge is 2.10. The number of carbonyl (C=O) groups excluding carboxylic acids is 2. The first-order valence-electron chi connectivity index (χ1n) is 14.1. The van der Waals surface area contributed by atoms with Gasteiger partial charge in [-0.1, -0.05) is 50.6 Å². The van der Waals surface area contributed by atoms with Crippen molar-refractivity contribution in [3.63, 3.8) is 0 Å². The number of carbonyl (C=O) groups is 2. The van der Waals surface area contributed by atoms with Gasteiger partial charge < -0.3 is 18.9 Å². The minimum absolute atomic E-state index is 0.338. The first kappa shape index (κ1) is 30.5. The van der Waals surface area contributed by atoms with Gasteiger partial charge in [-0.05, 0) is 98.7 Å². The fourth-order valence-corrected chi connectivity index (χ4v) is 3.89. The van der Waals surface area contributed by atoms with Crippen LogP contribution >= 0.6 is 0 Å². The molecular formula is C34H40O6. The van der Waals surface area contributed by atoms with E-state index in [1.54, 1.807) is 43.3 Å². The molecule has 0 saturated carbocycles. The van der Waals surface area contributed by atoms with Gasteiger partial charge in [0.2, 0.25) is 0 Å². The Kier molecular flexibility index (Phi) is 12.8. The summed E-state index contributed by atoms with van der Waals surface area (Å²) in [5, 5.41) is 0. The molecule has 0 aliphatic heterocycles. The third-order valence-electron chi connectivity index (χ3n) is 6.25. The van der Waals surface area contributed by atoms with E-state index in [0.29, 0.717) is 35.8 Å². The maximum Gasteiger partial charge on any atom is 0.343 e. The van der Waals surface area contributed by atoms with Crippen molar-refractivity contribution in [1.29, 1.82) is 0 Å². The lowest BCUT2D eigenvalue weighted by atomic mass is 10.1. The normalized spacial score (nSPS) is 10.6. The Bertz CT molecular complexity index is 1200. The lowest BCUT2D eigenvalue weighted by Crippen LogP contribution is -2.08. The molecule has 0 bridgehead atoms. The molecule has 0 heterocycles. The third-order valence-corrected chi connectivity index (χ3v) is 6.25. The van der Waals surface area contributed by atoms with Gasteiger partial charge in [-0.25, -0.2) is 9.59 Å². The molecule has 0 unspecified atom stereocenters. The van der Waals surface area contributed by atoms with Crippen molar-refractivity contribution in [1.82, 2.24) is 0 Å². The van der Waals surface area contributed by atoms with Crippen molar-refractivity contribution in [3.05, 3.63) is 90.5 Å². The largest absolute Gasteiger partial charge is 0.494 e. The zero-order chi connectivity index (χ0) is 28.6. The maximum absolute atomic E-state index is 12.6. The summed E-state index contributed by atoms with van der Waals surface area (Å²) in [4.78, 5) is 23.9. The molecule has 6 nitrogen and oxygen atoms in total. The summed E-state index contributed by atoms with van der Waals surface area (Å²) in [5.41, 5.74) is 2.97. The van der Waals surface area contributed by atoms with E-state index in [4.69, 9.17) is 18.9 Å². The van der Waals surface area contributed by atoms with E-state index in [1.165, 1.54) is 12.8 Å². The summed E-state index contributed by atoms with van der Waals surface area (Å²) >= 11 is 0. The Morgan fingerprint density at radius 3 is 1.62 bits per heavy atom. The topological polar surface area (TPSA) is 71.1 Å². The molecule has 6 heteroatoms. The Morgan fingerprint density at radius 2 is 1.10 bits per heavy atom. The second kappa shape index (κ2) is 16.8. The van der Waals surface area contributed by atoms with Crippen LogP contribution in [0.1, 0.15) is 69.2 Å². The average Bonchev–Trinajstić information content (AvgIpc) is 2.97. The van der Waals surface area contributed by atoms with Crippen LogP contribution in [-0.2, 0) is 9.53 Å². The smallest absolute Gasteiger partial charge is 0.343 e. The van der Waals surface area contributed by atoms with Crippen LogP contribution in [0.4, 0.5) is 0 Å². The van der Waals surface area contributed by atoms with Crippen LogP contribution in [0, 0.1) is 0 Å². The number of esters is 2. The quantitative estimate of drug-likeness (QED) is 0.0738. The number of benzene rings is 3. The van der Waals surface area contributed by atoms with Gasteiger partial charge in [0.15, 0.2) is 0 Å². The van der Waals surface area contributed by atoms with Crippen LogP contribution < -0.4 is 14.2 Å². The van der Waals surface area contributed by atoms with E-state index >= 15 is 0 Å². The molecule has 0 atom stereocenters. The van der Waals surface area contributed by atoms with E-state index in [1.807, 2.05) is 36.4 Å². The summed E-state index contributed by atoms with van der Waals surface area (Å²) in [7, 11) is 0. The first-order valence-corrected chi connectivity index (χ1v) is 14.1. The molecular weight excluding hydrogens is 504 g/mol. The molecule has 0 aliphatic rings. The predicted octanol–water partition coefficient (Wildman–Crippen LogP) is 8.20. The molecule has 3 aromatic carbocycles. The predicted molar refractivity (Wildman–Crippen MR) is 158 cm³/mol. The van der Waals surface area contributed by atoms with Crippen LogP contribution in [0.3, 0.4) is 0 Å². The molecule has 0 aromatic heterocycles. The SMILES string of the molecule is C=C(C)C(=O)OCCCCCCOc1ccc(C(=O)Oc2ccc(-c3ccc(OCCCCC)cc3)cc2)cc1. The molecule has 0 aliphatic carbocycles. The molecule has 0 N–H and O–H groups in total. The first-order chi connectivity index (χ1) is 19.5. The summed E-state index contributed by atoms with van der Waals surface area (Å²) in [6.07, 6.45) is 7.07. The highest BCUT2D eigenvalue weighted by molar-refractivity contribution is 5.91. The van der Waals surface area contributed by atoms with Crippen LogP contribution in [-0.4, -0.2) is 31.8 Å². The lowest BCUT2D eigenvalue weighted by molar-refractivity contribution is -0.139. The molecule has 40 heavy (non-hydrogen) atoms. The van der Waals surface area contributed by atoms with E-state index in [2.05, 4.69) is 13.5 Å². The number of hydrogen-bond acceptors (Lipinski definition) is 6. The van der Waals surface area contributed by atoms with Crippen molar-refractivity contribution in [3.8, 4) is 28.4 Å². The van der Waals surface area contributed by atoms with Gasteiger partial charge in [0, 0.05) is 5.57 Å². The third kappa shape index (κ3) is 10.6. The highest BCUT2D eigenvalue weighted by Crippen LogP contribution is 2.25. The molecule has 0 saturated heterocycles. The fraction of sp³-hybridized carbons (Fsp3) is 0.353. The summed E-state index contributed by atoms with van der Waals surface area (Å²) in [5.74, 6) is 1.30. The monoisotopic (exact) mass is 544 g/mol. The second-order valence-corrected chi connectivity index (χ2v) is 9.70. The summed E-state index contributed by atoms with van der Waals surface area (Å²) < 4.78 is 22.2.